The molecule has 1 N–H and O–H groups in total. The van der Waals surface area contributed by atoms with E-state index in [1.165, 1.54) is 16.7 Å². The normalized spacial score (nSPS) is 11.8. The third-order valence-corrected chi connectivity index (χ3v) is 3.49. The van der Waals surface area contributed by atoms with Gasteiger partial charge in [0.1, 0.15) is 0 Å². The first-order valence-electron chi connectivity index (χ1n) is 7.08. The van der Waals surface area contributed by atoms with Gasteiger partial charge >= 0.3 is 0 Å². The van der Waals surface area contributed by atoms with Gasteiger partial charge in [-0.25, -0.2) is 0 Å². The van der Waals surface area contributed by atoms with Gasteiger partial charge in [0, 0.05) is 12.6 Å². The van der Waals surface area contributed by atoms with Crippen LogP contribution in [0.3, 0.4) is 0 Å². The van der Waals surface area contributed by atoms with Crippen LogP contribution < -0.4 is 5.32 Å². The van der Waals surface area contributed by atoms with Crippen molar-refractivity contribution in [3.63, 3.8) is 0 Å². The van der Waals surface area contributed by atoms with Crippen LogP contribution in [0.15, 0.2) is 54.6 Å². The van der Waals surface area contributed by atoms with Gasteiger partial charge < -0.3 is 5.32 Å². The molecule has 0 saturated heterocycles. The van der Waals surface area contributed by atoms with Crippen LogP contribution in [0.2, 0.25) is 0 Å². The van der Waals surface area contributed by atoms with Crippen LogP contribution in [0.5, 0.6) is 0 Å². The molecule has 0 spiro atoms. The van der Waals surface area contributed by atoms with Crippen molar-refractivity contribution in [2.75, 3.05) is 0 Å². The summed E-state index contributed by atoms with van der Waals surface area (Å²) in [7, 11) is 0. The van der Waals surface area contributed by atoms with E-state index >= 15 is 0 Å². The molecule has 20 heavy (non-hydrogen) atoms. The summed E-state index contributed by atoms with van der Waals surface area (Å²) in [5.41, 5.74) is 3.72. The van der Waals surface area contributed by atoms with Crippen LogP contribution in [0.4, 0.5) is 0 Å². The molecular weight excluding hydrogens is 244 g/mol. The molecule has 0 radical (unpaired) electrons. The zero-order chi connectivity index (χ0) is 14.2. The maximum atomic E-state index is 8.74. The minimum Gasteiger partial charge on any atom is -0.309 e. The van der Waals surface area contributed by atoms with Gasteiger partial charge in [-0.05, 0) is 23.1 Å². The van der Waals surface area contributed by atoms with Crippen LogP contribution in [0.1, 0.15) is 25.3 Å². The van der Waals surface area contributed by atoms with Crippen molar-refractivity contribution in [2.45, 2.75) is 32.4 Å². The molecule has 102 valence electrons. The molecule has 2 rings (SSSR count). The Bertz CT molecular complexity index is 552. The SMILES string of the molecule is CCC(CC#N)NCc1ccc(-c2ccccc2)cc1. The van der Waals surface area contributed by atoms with Crippen LogP contribution in [-0.4, -0.2) is 6.04 Å². The van der Waals surface area contributed by atoms with Gasteiger partial charge in [-0.1, -0.05) is 61.5 Å². The predicted octanol–water partition coefficient (Wildman–Crippen LogP) is 4.14. The highest BCUT2D eigenvalue weighted by Crippen LogP contribution is 2.19. The monoisotopic (exact) mass is 264 g/mol. The number of nitriles is 1. The van der Waals surface area contributed by atoms with Crippen LogP contribution >= 0.6 is 0 Å². The highest BCUT2D eigenvalue weighted by Gasteiger charge is 2.04. The Morgan fingerprint density at radius 2 is 1.65 bits per heavy atom. The predicted molar refractivity (Wildman–Crippen MR) is 83.0 cm³/mol. The van der Waals surface area contributed by atoms with Crippen molar-refractivity contribution in [1.82, 2.24) is 5.32 Å². The van der Waals surface area contributed by atoms with Gasteiger partial charge in [-0.15, -0.1) is 0 Å². The van der Waals surface area contributed by atoms with Gasteiger partial charge in [-0.3, -0.25) is 0 Å². The van der Waals surface area contributed by atoms with Crippen LogP contribution in [0, 0.1) is 11.3 Å². The molecule has 1 atom stereocenters. The number of benzene rings is 2. The lowest BCUT2D eigenvalue weighted by molar-refractivity contribution is 0.505. The quantitative estimate of drug-likeness (QED) is 0.851. The summed E-state index contributed by atoms with van der Waals surface area (Å²) in [6.45, 7) is 2.92. The molecule has 2 aromatic rings. The lowest BCUT2D eigenvalue weighted by Gasteiger charge is -2.13. The first kappa shape index (κ1) is 14.3. The second-order valence-electron chi connectivity index (χ2n) is 4.91. The molecule has 0 aliphatic rings. The largest absolute Gasteiger partial charge is 0.309 e. The number of rotatable bonds is 6. The fourth-order valence-electron chi connectivity index (χ4n) is 2.18. The fraction of sp³-hybridized carbons (Fsp3) is 0.278. The van der Waals surface area contributed by atoms with Crippen molar-refractivity contribution in [3.8, 4) is 17.2 Å². The van der Waals surface area contributed by atoms with E-state index in [1.807, 2.05) is 6.07 Å². The van der Waals surface area contributed by atoms with E-state index in [0.717, 1.165) is 13.0 Å². The van der Waals surface area contributed by atoms with E-state index in [1.54, 1.807) is 0 Å². The average molecular weight is 264 g/mol. The Morgan fingerprint density at radius 3 is 2.25 bits per heavy atom. The van der Waals surface area contributed by atoms with Gasteiger partial charge in [0.2, 0.25) is 0 Å². The Hall–Kier alpha value is -2.11. The molecule has 0 amide bonds. The van der Waals surface area contributed by atoms with Crippen molar-refractivity contribution < 1.29 is 0 Å². The van der Waals surface area contributed by atoms with Crippen molar-refractivity contribution >= 4 is 0 Å². The molecule has 0 saturated carbocycles. The number of nitrogens with one attached hydrogen (secondary N) is 1. The van der Waals surface area contributed by atoms with Crippen LogP contribution in [0.25, 0.3) is 11.1 Å². The van der Waals surface area contributed by atoms with Crippen molar-refractivity contribution in [3.05, 3.63) is 60.2 Å². The zero-order valence-corrected chi connectivity index (χ0v) is 11.8. The topological polar surface area (TPSA) is 35.8 Å². The van der Waals surface area contributed by atoms with Crippen LogP contribution in [-0.2, 0) is 6.54 Å². The summed E-state index contributed by atoms with van der Waals surface area (Å²) in [6, 6.07) is 21.5. The van der Waals surface area contributed by atoms with Crippen molar-refractivity contribution in [1.29, 1.82) is 5.26 Å². The summed E-state index contributed by atoms with van der Waals surface area (Å²) < 4.78 is 0. The van der Waals surface area contributed by atoms with Crippen molar-refractivity contribution in [2.24, 2.45) is 0 Å². The number of hydrogen-bond donors (Lipinski definition) is 1. The summed E-state index contributed by atoms with van der Waals surface area (Å²) in [5.74, 6) is 0. The lowest BCUT2D eigenvalue weighted by atomic mass is 10.0. The van der Waals surface area contributed by atoms with E-state index in [2.05, 4.69) is 66.8 Å². The molecular formula is C18H20N2. The zero-order valence-electron chi connectivity index (χ0n) is 11.8. The highest BCUT2D eigenvalue weighted by molar-refractivity contribution is 5.63. The molecule has 0 bridgehead atoms. The smallest absolute Gasteiger partial charge is 0.0638 e. The first-order valence-corrected chi connectivity index (χ1v) is 7.08. The molecule has 0 aliphatic heterocycles. The Morgan fingerprint density at radius 1 is 1.00 bits per heavy atom. The molecule has 0 fully saturated rings. The maximum Gasteiger partial charge on any atom is 0.0638 e. The maximum absolute atomic E-state index is 8.74. The molecule has 0 aliphatic carbocycles. The first-order chi connectivity index (χ1) is 9.83. The van der Waals surface area contributed by atoms with Gasteiger partial charge in [0.25, 0.3) is 0 Å². The molecule has 0 heterocycles. The standard InChI is InChI=1S/C18H20N2/c1-2-18(12-13-19)20-14-15-8-10-17(11-9-15)16-6-4-3-5-7-16/h3-11,18,20H,2,12,14H2,1H3. The molecule has 2 nitrogen and oxygen atoms in total. The molecule has 1 unspecified atom stereocenters. The Balaban J connectivity index is 1.97. The molecule has 2 aromatic carbocycles. The lowest BCUT2D eigenvalue weighted by Crippen LogP contribution is -2.27. The third kappa shape index (κ3) is 3.94. The second kappa shape index (κ2) is 7.47. The van der Waals surface area contributed by atoms with E-state index in [0.29, 0.717) is 6.42 Å². The van der Waals surface area contributed by atoms with Gasteiger partial charge in [0.15, 0.2) is 0 Å². The number of nitrogens with zero attached hydrogens (tertiary/aromatic N) is 1. The van der Waals surface area contributed by atoms with E-state index in [9.17, 15) is 0 Å². The average Bonchev–Trinajstić information content (AvgIpc) is 2.53. The highest BCUT2D eigenvalue weighted by atomic mass is 14.9. The minimum atomic E-state index is 0.286. The summed E-state index contributed by atoms with van der Waals surface area (Å²) in [4.78, 5) is 0. The molecule has 0 aromatic heterocycles. The van der Waals surface area contributed by atoms with E-state index < -0.39 is 0 Å². The third-order valence-electron chi connectivity index (χ3n) is 3.49. The summed E-state index contributed by atoms with van der Waals surface area (Å²) in [5, 5.41) is 12.2. The van der Waals surface area contributed by atoms with E-state index in [4.69, 9.17) is 5.26 Å². The summed E-state index contributed by atoms with van der Waals surface area (Å²) in [6.07, 6.45) is 1.55. The molecule has 2 heteroatoms. The Kier molecular flexibility index (Phi) is 5.34. The summed E-state index contributed by atoms with van der Waals surface area (Å²) >= 11 is 0. The minimum absolute atomic E-state index is 0.286. The van der Waals surface area contributed by atoms with E-state index in [-0.39, 0.29) is 6.04 Å². The number of hydrogen-bond acceptors (Lipinski definition) is 2. The van der Waals surface area contributed by atoms with Gasteiger partial charge in [-0.2, -0.15) is 5.26 Å². The van der Waals surface area contributed by atoms with Gasteiger partial charge in [0.05, 0.1) is 12.5 Å². The fourth-order valence-corrected chi connectivity index (χ4v) is 2.18. The Labute approximate surface area is 121 Å². The second-order valence-corrected chi connectivity index (χ2v) is 4.91.